The molecule has 0 aliphatic carbocycles. The van der Waals surface area contributed by atoms with Crippen LogP contribution in [0.4, 0.5) is 6.01 Å². The molecule has 0 bridgehead atoms. The van der Waals surface area contributed by atoms with E-state index in [1.807, 2.05) is 0 Å². The number of rotatable bonds is 11. The molecular formula is C14H28N4O. The van der Waals surface area contributed by atoms with E-state index in [9.17, 15) is 0 Å². The van der Waals surface area contributed by atoms with Crippen molar-refractivity contribution in [1.29, 1.82) is 0 Å². The Hall–Kier alpha value is -1.10. The molecule has 0 saturated carbocycles. The molecule has 0 amide bonds. The number of nitrogens with zero attached hydrogens (tertiary/aromatic N) is 2. The van der Waals surface area contributed by atoms with E-state index in [1.54, 1.807) is 0 Å². The maximum atomic E-state index is 5.53. The highest BCUT2D eigenvalue weighted by molar-refractivity contribution is 5.16. The Kier molecular flexibility index (Phi) is 8.21. The largest absolute Gasteiger partial charge is 0.407 e. The number of anilines is 1. The normalized spacial score (nSPS) is 12.6. The van der Waals surface area contributed by atoms with Gasteiger partial charge < -0.3 is 15.1 Å². The van der Waals surface area contributed by atoms with E-state index in [0.717, 1.165) is 19.5 Å². The van der Waals surface area contributed by atoms with E-state index in [0.29, 0.717) is 24.4 Å². The monoisotopic (exact) mass is 268 g/mol. The zero-order valence-corrected chi connectivity index (χ0v) is 12.5. The predicted molar refractivity (Wildman–Crippen MR) is 78.1 cm³/mol. The van der Waals surface area contributed by atoms with Crippen molar-refractivity contribution in [2.24, 2.45) is 5.92 Å². The molecule has 1 aromatic rings. The third-order valence-electron chi connectivity index (χ3n) is 3.26. The first-order valence-corrected chi connectivity index (χ1v) is 7.57. The third-order valence-corrected chi connectivity index (χ3v) is 3.26. The molecule has 1 rings (SSSR count). The van der Waals surface area contributed by atoms with Gasteiger partial charge in [-0.1, -0.05) is 45.1 Å². The lowest BCUT2D eigenvalue weighted by Gasteiger charge is -2.13. The molecule has 1 heterocycles. The second-order valence-electron chi connectivity index (χ2n) is 4.98. The van der Waals surface area contributed by atoms with Crippen molar-refractivity contribution in [2.45, 2.75) is 59.4 Å². The average Bonchev–Trinajstić information content (AvgIpc) is 2.87. The van der Waals surface area contributed by atoms with Crippen LogP contribution in [-0.2, 0) is 6.54 Å². The van der Waals surface area contributed by atoms with Crippen LogP contribution < -0.4 is 10.6 Å². The molecule has 19 heavy (non-hydrogen) atoms. The minimum absolute atomic E-state index is 0.545. The van der Waals surface area contributed by atoms with E-state index in [-0.39, 0.29) is 0 Å². The van der Waals surface area contributed by atoms with Gasteiger partial charge in [-0.15, -0.1) is 5.10 Å². The molecule has 2 N–H and O–H groups in total. The predicted octanol–water partition coefficient (Wildman–Crippen LogP) is 3.20. The summed E-state index contributed by atoms with van der Waals surface area (Å²) in [4.78, 5) is 0. The summed E-state index contributed by atoms with van der Waals surface area (Å²) in [7, 11) is 0. The Bertz CT molecular complexity index is 327. The highest BCUT2D eigenvalue weighted by Gasteiger charge is 2.09. The van der Waals surface area contributed by atoms with Gasteiger partial charge in [0.15, 0.2) is 0 Å². The smallest absolute Gasteiger partial charge is 0.315 e. The number of hydrogen-bond donors (Lipinski definition) is 2. The van der Waals surface area contributed by atoms with Crippen LogP contribution in [0.15, 0.2) is 4.42 Å². The zero-order chi connectivity index (χ0) is 13.9. The first kappa shape index (κ1) is 16.0. The molecule has 1 atom stereocenters. The maximum Gasteiger partial charge on any atom is 0.315 e. The van der Waals surface area contributed by atoms with Crippen molar-refractivity contribution >= 4 is 6.01 Å². The fraction of sp³-hybridized carbons (Fsp3) is 0.857. The van der Waals surface area contributed by atoms with Gasteiger partial charge in [-0.2, -0.15) is 0 Å². The van der Waals surface area contributed by atoms with Crippen molar-refractivity contribution in [3.05, 3.63) is 5.89 Å². The quantitative estimate of drug-likeness (QED) is 0.603. The number of nitrogens with one attached hydrogen (secondary N) is 2. The zero-order valence-electron chi connectivity index (χ0n) is 12.5. The molecule has 0 spiro atoms. The molecular weight excluding hydrogens is 240 g/mol. The van der Waals surface area contributed by atoms with Crippen molar-refractivity contribution in [1.82, 2.24) is 15.5 Å². The summed E-state index contributed by atoms with van der Waals surface area (Å²) in [6.45, 7) is 9.13. The van der Waals surface area contributed by atoms with Crippen molar-refractivity contribution in [3.63, 3.8) is 0 Å². The molecule has 1 unspecified atom stereocenters. The van der Waals surface area contributed by atoms with Gasteiger partial charge in [-0.25, -0.2) is 0 Å². The molecule has 1 aromatic heterocycles. The molecule has 0 aliphatic rings. The fourth-order valence-corrected chi connectivity index (χ4v) is 1.94. The summed E-state index contributed by atoms with van der Waals surface area (Å²) < 4.78 is 5.53. The standard InChI is InChI=1S/C14H28N4O/c1-4-7-8-12(6-3)10-16-14-18-17-13(19-14)11-15-9-5-2/h12,15H,4-11H2,1-3H3,(H,16,18). The van der Waals surface area contributed by atoms with Gasteiger partial charge in [0, 0.05) is 6.54 Å². The SMILES string of the molecule is CCCCC(CC)CNc1nnc(CNCCC)o1. The van der Waals surface area contributed by atoms with E-state index in [2.05, 4.69) is 41.6 Å². The van der Waals surface area contributed by atoms with Crippen LogP contribution in [0.1, 0.15) is 58.8 Å². The van der Waals surface area contributed by atoms with E-state index in [4.69, 9.17) is 4.42 Å². The first-order valence-electron chi connectivity index (χ1n) is 7.57. The van der Waals surface area contributed by atoms with Crippen molar-refractivity contribution in [3.8, 4) is 0 Å². The average molecular weight is 268 g/mol. The molecule has 0 aliphatic heterocycles. The number of hydrogen-bond acceptors (Lipinski definition) is 5. The Morgan fingerprint density at radius 3 is 2.68 bits per heavy atom. The fourth-order valence-electron chi connectivity index (χ4n) is 1.94. The Balaban J connectivity index is 2.28. The summed E-state index contributed by atoms with van der Waals surface area (Å²) in [6, 6.07) is 0.545. The summed E-state index contributed by atoms with van der Waals surface area (Å²) in [5.41, 5.74) is 0. The summed E-state index contributed by atoms with van der Waals surface area (Å²) in [6.07, 6.45) is 6.10. The Morgan fingerprint density at radius 1 is 1.16 bits per heavy atom. The second kappa shape index (κ2) is 9.78. The van der Waals surface area contributed by atoms with Gasteiger partial charge in [0.1, 0.15) is 0 Å². The van der Waals surface area contributed by atoms with Crippen molar-refractivity contribution < 1.29 is 4.42 Å². The third kappa shape index (κ3) is 6.57. The minimum Gasteiger partial charge on any atom is -0.407 e. The van der Waals surface area contributed by atoms with Crippen LogP contribution in [-0.4, -0.2) is 23.3 Å². The van der Waals surface area contributed by atoms with Crippen LogP contribution in [0.2, 0.25) is 0 Å². The van der Waals surface area contributed by atoms with Gasteiger partial charge in [0.25, 0.3) is 0 Å². The van der Waals surface area contributed by atoms with E-state index >= 15 is 0 Å². The van der Waals surface area contributed by atoms with Crippen LogP contribution in [0.3, 0.4) is 0 Å². The lowest BCUT2D eigenvalue weighted by atomic mass is 10.00. The second-order valence-corrected chi connectivity index (χ2v) is 4.98. The minimum atomic E-state index is 0.545. The lowest BCUT2D eigenvalue weighted by Crippen LogP contribution is -2.14. The molecule has 5 heteroatoms. The van der Waals surface area contributed by atoms with E-state index in [1.165, 1.54) is 25.7 Å². The summed E-state index contributed by atoms with van der Waals surface area (Å²) >= 11 is 0. The van der Waals surface area contributed by atoms with Gasteiger partial charge in [-0.05, 0) is 25.3 Å². The van der Waals surface area contributed by atoms with Gasteiger partial charge in [0.2, 0.25) is 5.89 Å². The molecule has 0 radical (unpaired) electrons. The van der Waals surface area contributed by atoms with Crippen molar-refractivity contribution in [2.75, 3.05) is 18.4 Å². The Labute approximate surface area is 116 Å². The summed E-state index contributed by atoms with van der Waals surface area (Å²) in [5.74, 6) is 1.34. The molecule has 5 nitrogen and oxygen atoms in total. The topological polar surface area (TPSA) is 63.0 Å². The van der Waals surface area contributed by atoms with Crippen LogP contribution in [0, 0.1) is 5.92 Å². The Morgan fingerprint density at radius 2 is 2.00 bits per heavy atom. The number of aromatic nitrogens is 2. The molecule has 0 fully saturated rings. The van der Waals surface area contributed by atoms with E-state index < -0.39 is 0 Å². The lowest BCUT2D eigenvalue weighted by molar-refractivity contribution is 0.451. The molecule has 0 saturated heterocycles. The van der Waals surface area contributed by atoms with Gasteiger partial charge in [0.05, 0.1) is 6.54 Å². The first-order chi connectivity index (χ1) is 9.30. The maximum absolute atomic E-state index is 5.53. The van der Waals surface area contributed by atoms with Gasteiger partial charge >= 0.3 is 6.01 Å². The van der Waals surface area contributed by atoms with Gasteiger partial charge in [-0.3, -0.25) is 0 Å². The highest BCUT2D eigenvalue weighted by atomic mass is 16.4. The van der Waals surface area contributed by atoms with Crippen LogP contribution in [0.25, 0.3) is 0 Å². The molecule has 110 valence electrons. The van der Waals surface area contributed by atoms with Crippen LogP contribution in [0.5, 0.6) is 0 Å². The summed E-state index contributed by atoms with van der Waals surface area (Å²) in [5, 5.41) is 14.5. The highest BCUT2D eigenvalue weighted by Crippen LogP contribution is 2.14. The molecule has 0 aromatic carbocycles. The number of unbranched alkanes of at least 4 members (excludes halogenated alkanes) is 1. The van der Waals surface area contributed by atoms with Crippen LogP contribution >= 0.6 is 0 Å².